The molecule has 0 radical (unpaired) electrons. The lowest BCUT2D eigenvalue weighted by atomic mass is 10.2. The van der Waals surface area contributed by atoms with Crippen molar-refractivity contribution in [1.82, 2.24) is 15.4 Å². The highest BCUT2D eigenvalue weighted by atomic mass is 16.5. The molecule has 0 fully saturated rings. The Hall–Kier alpha value is -4.07. The Morgan fingerprint density at radius 2 is 1.63 bits per heavy atom. The van der Waals surface area contributed by atoms with Gasteiger partial charge in [0.25, 0.3) is 17.4 Å². The lowest BCUT2D eigenvalue weighted by Crippen LogP contribution is -2.42. The maximum atomic E-state index is 12.5. The standard InChI is InChI=1S/C22H21N3O5/c1-29-17-9-10-18(19(12-17)30-2)22(28)24-23-21(27)16-8-11-20(26)25(14-16)13-15-6-4-3-5-7-15/h3-12,14H,13H2,1-2H3,(H,23,27)(H,24,28). The van der Waals surface area contributed by atoms with E-state index >= 15 is 0 Å². The Kier molecular flexibility index (Phi) is 6.49. The Balaban J connectivity index is 1.70. The summed E-state index contributed by atoms with van der Waals surface area (Å²) in [7, 11) is 2.94. The van der Waals surface area contributed by atoms with E-state index in [1.807, 2.05) is 30.3 Å². The molecule has 0 aliphatic heterocycles. The molecule has 30 heavy (non-hydrogen) atoms. The van der Waals surface area contributed by atoms with Crippen LogP contribution in [0.25, 0.3) is 0 Å². The van der Waals surface area contributed by atoms with E-state index in [0.29, 0.717) is 18.0 Å². The monoisotopic (exact) mass is 407 g/mol. The molecule has 1 aromatic heterocycles. The van der Waals surface area contributed by atoms with Crippen molar-refractivity contribution in [3.63, 3.8) is 0 Å². The first-order valence-corrected chi connectivity index (χ1v) is 9.09. The van der Waals surface area contributed by atoms with Gasteiger partial charge in [0.2, 0.25) is 0 Å². The predicted molar refractivity (Wildman–Crippen MR) is 111 cm³/mol. The summed E-state index contributed by atoms with van der Waals surface area (Å²) in [5.41, 5.74) is 5.85. The van der Waals surface area contributed by atoms with Crippen molar-refractivity contribution < 1.29 is 19.1 Å². The van der Waals surface area contributed by atoms with Crippen LogP contribution in [-0.2, 0) is 6.54 Å². The van der Waals surface area contributed by atoms with Gasteiger partial charge in [0.05, 0.1) is 31.9 Å². The average molecular weight is 407 g/mol. The number of methoxy groups -OCH3 is 2. The van der Waals surface area contributed by atoms with Crippen LogP contribution in [0.3, 0.4) is 0 Å². The van der Waals surface area contributed by atoms with Gasteiger partial charge in [-0.15, -0.1) is 0 Å². The third-order valence-electron chi connectivity index (χ3n) is 4.38. The Labute approximate surface area is 173 Å². The van der Waals surface area contributed by atoms with Gasteiger partial charge in [0.15, 0.2) is 0 Å². The summed E-state index contributed by atoms with van der Waals surface area (Å²) in [4.78, 5) is 37.0. The summed E-state index contributed by atoms with van der Waals surface area (Å²) in [5.74, 6) is -0.274. The van der Waals surface area contributed by atoms with E-state index in [2.05, 4.69) is 10.9 Å². The van der Waals surface area contributed by atoms with Gasteiger partial charge in [0.1, 0.15) is 11.5 Å². The minimum Gasteiger partial charge on any atom is -0.497 e. The van der Waals surface area contributed by atoms with Gasteiger partial charge in [-0.3, -0.25) is 25.2 Å². The predicted octanol–water partition coefficient (Wildman–Crippen LogP) is 1.99. The minimum atomic E-state index is -0.558. The van der Waals surface area contributed by atoms with Crippen LogP contribution in [-0.4, -0.2) is 30.6 Å². The fourth-order valence-corrected chi connectivity index (χ4v) is 2.81. The number of amides is 2. The quantitative estimate of drug-likeness (QED) is 0.609. The molecule has 0 saturated heterocycles. The first kappa shape index (κ1) is 20.7. The van der Waals surface area contributed by atoms with Gasteiger partial charge in [-0.05, 0) is 23.8 Å². The second kappa shape index (κ2) is 9.42. The maximum Gasteiger partial charge on any atom is 0.273 e. The normalized spacial score (nSPS) is 10.2. The lowest BCUT2D eigenvalue weighted by Gasteiger charge is -2.12. The summed E-state index contributed by atoms with van der Waals surface area (Å²) in [6.07, 6.45) is 1.45. The third-order valence-corrected chi connectivity index (χ3v) is 4.38. The molecule has 0 aliphatic carbocycles. The molecule has 2 N–H and O–H groups in total. The highest BCUT2D eigenvalue weighted by molar-refractivity contribution is 6.00. The second-order valence-electron chi connectivity index (χ2n) is 6.34. The highest BCUT2D eigenvalue weighted by Crippen LogP contribution is 2.24. The molecule has 0 bridgehead atoms. The number of carbonyl (C=O) groups excluding carboxylic acids is 2. The summed E-state index contributed by atoms with van der Waals surface area (Å²) < 4.78 is 11.7. The van der Waals surface area contributed by atoms with Gasteiger partial charge in [-0.2, -0.15) is 0 Å². The number of hydrazine groups is 1. The number of rotatable bonds is 6. The number of aromatic nitrogens is 1. The minimum absolute atomic E-state index is 0.229. The van der Waals surface area contributed by atoms with Gasteiger partial charge in [-0.1, -0.05) is 30.3 Å². The van der Waals surface area contributed by atoms with E-state index in [0.717, 1.165) is 5.56 Å². The molecule has 8 heteroatoms. The smallest absolute Gasteiger partial charge is 0.273 e. The summed E-state index contributed by atoms with van der Waals surface area (Å²) in [6, 6.07) is 16.8. The summed E-state index contributed by atoms with van der Waals surface area (Å²) in [5, 5.41) is 0. The van der Waals surface area contributed by atoms with Crippen LogP contribution in [0.5, 0.6) is 11.5 Å². The van der Waals surface area contributed by atoms with E-state index in [-0.39, 0.29) is 16.7 Å². The number of hydrogen-bond acceptors (Lipinski definition) is 5. The molecular formula is C22H21N3O5. The van der Waals surface area contributed by atoms with Crippen molar-refractivity contribution >= 4 is 11.8 Å². The van der Waals surface area contributed by atoms with Gasteiger partial charge >= 0.3 is 0 Å². The molecule has 3 rings (SSSR count). The first-order chi connectivity index (χ1) is 14.5. The number of nitrogens with zero attached hydrogens (tertiary/aromatic N) is 1. The van der Waals surface area contributed by atoms with Crippen LogP contribution < -0.4 is 25.9 Å². The van der Waals surface area contributed by atoms with Crippen molar-refractivity contribution in [2.24, 2.45) is 0 Å². The lowest BCUT2D eigenvalue weighted by molar-refractivity contribution is 0.0844. The number of nitrogens with one attached hydrogen (secondary N) is 2. The molecule has 1 heterocycles. The van der Waals surface area contributed by atoms with E-state index in [1.165, 1.54) is 43.2 Å². The van der Waals surface area contributed by atoms with Crippen LogP contribution in [0.1, 0.15) is 26.3 Å². The van der Waals surface area contributed by atoms with E-state index < -0.39 is 11.8 Å². The van der Waals surface area contributed by atoms with Crippen LogP contribution in [0.15, 0.2) is 71.7 Å². The second-order valence-corrected chi connectivity index (χ2v) is 6.34. The molecule has 0 spiro atoms. The zero-order valence-electron chi connectivity index (χ0n) is 16.5. The summed E-state index contributed by atoms with van der Waals surface area (Å²) in [6.45, 7) is 0.330. The van der Waals surface area contributed by atoms with Gasteiger partial charge in [-0.25, -0.2) is 0 Å². The van der Waals surface area contributed by atoms with Crippen LogP contribution in [0.2, 0.25) is 0 Å². The zero-order valence-corrected chi connectivity index (χ0v) is 16.5. The molecule has 8 nitrogen and oxygen atoms in total. The largest absolute Gasteiger partial charge is 0.497 e. The average Bonchev–Trinajstić information content (AvgIpc) is 2.78. The van der Waals surface area contributed by atoms with E-state index in [9.17, 15) is 14.4 Å². The maximum absolute atomic E-state index is 12.5. The summed E-state index contributed by atoms with van der Waals surface area (Å²) >= 11 is 0. The third kappa shape index (κ3) is 4.85. The van der Waals surface area contributed by atoms with E-state index in [4.69, 9.17) is 9.47 Å². The van der Waals surface area contributed by atoms with Crippen molar-refractivity contribution in [2.45, 2.75) is 6.54 Å². The molecule has 0 unspecified atom stereocenters. The van der Waals surface area contributed by atoms with Crippen molar-refractivity contribution in [3.05, 3.63) is 93.9 Å². The van der Waals surface area contributed by atoms with E-state index in [1.54, 1.807) is 12.1 Å². The number of ether oxygens (including phenoxy) is 2. The Morgan fingerprint density at radius 1 is 0.900 bits per heavy atom. The molecule has 3 aromatic rings. The molecule has 0 aliphatic rings. The first-order valence-electron chi connectivity index (χ1n) is 9.09. The van der Waals surface area contributed by atoms with Crippen molar-refractivity contribution in [3.8, 4) is 11.5 Å². The molecule has 2 amide bonds. The van der Waals surface area contributed by atoms with Gasteiger partial charge < -0.3 is 14.0 Å². The van der Waals surface area contributed by atoms with Crippen LogP contribution in [0, 0.1) is 0 Å². The number of pyridine rings is 1. The topological polar surface area (TPSA) is 98.7 Å². The fourth-order valence-electron chi connectivity index (χ4n) is 2.81. The number of benzene rings is 2. The number of hydrogen-bond donors (Lipinski definition) is 2. The molecular weight excluding hydrogens is 386 g/mol. The van der Waals surface area contributed by atoms with Crippen LogP contribution in [0.4, 0.5) is 0 Å². The van der Waals surface area contributed by atoms with Crippen molar-refractivity contribution in [2.75, 3.05) is 14.2 Å². The zero-order chi connectivity index (χ0) is 21.5. The number of carbonyl (C=O) groups is 2. The molecule has 154 valence electrons. The fraction of sp³-hybridized carbons (Fsp3) is 0.136. The molecule has 2 aromatic carbocycles. The van der Waals surface area contributed by atoms with Gasteiger partial charge in [0, 0.05) is 18.3 Å². The SMILES string of the molecule is COc1ccc(C(=O)NNC(=O)c2ccc(=O)n(Cc3ccccc3)c2)c(OC)c1. The molecule has 0 saturated carbocycles. The van der Waals surface area contributed by atoms with Crippen molar-refractivity contribution in [1.29, 1.82) is 0 Å². The highest BCUT2D eigenvalue weighted by Gasteiger charge is 2.15. The van der Waals surface area contributed by atoms with Crippen LogP contribution >= 0.6 is 0 Å². The Bertz CT molecular complexity index is 1110. The molecule has 0 atom stereocenters. The Morgan fingerprint density at radius 3 is 2.33 bits per heavy atom.